The number of halogens is 1. The molecular weight excluding hydrogens is 300 g/mol. The van der Waals surface area contributed by atoms with Gasteiger partial charge in [-0.15, -0.1) is 0 Å². The van der Waals surface area contributed by atoms with Gasteiger partial charge in [-0.2, -0.15) is 0 Å². The van der Waals surface area contributed by atoms with Crippen molar-refractivity contribution in [2.75, 3.05) is 20.6 Å². The second kappa shape index (κ2) is 6.51. The number of carboxylic acids is 1. The molecule has 0 saturated carbocycles. The van der Waals surface area contributed by atoms with Crippen molar-refractivity contribution in [2.45, 2.75) is 6.54 Å². The molecule has 0 spiro atoms. The molecule has 18 heavy (non-hydrogen) atoms. The van der Waals surface area contributed by atoms with E-state index in [1.165, 1.54) is 11.0 Å². The van der Waals surface area contributed by atoms with E-state index >= 15 is 0 Å². The third kappa shape index (κ3) is 4.12. The van der Waals surface area contributed by atoms with E-state index in [1.807, 2.05) is 0 Å². The zero-order chi connectivity index (χ0) is 13.7. The Bertz CT molecular complexity index is 461. The van der Waals surface area contributed by atoms with Crippen LogP contribution in [-0.4, -0.2) is 42.5 Å². The van der Waals surface area contributed by atoms with Crippen LogP contribution in [0.5, 0.6) is 0 Å². The van der Waals surface area contributed by atoms with E-state index in [0.717, 1.165) is 5.56 Å². The molecule has 6 heteroatoms. The molecule has 1 aromatic carbocycles. The van der Waals surface area contributed by atoms with Crippen molar-refractivity contribution >= 4 is 27.8 Å². The van der Waals surface area contributed by atoms with Crippen LogP contribution in [0.15, 0.2) is 22.7 Å². The van der Waals surface area contributed by atoms with Crippen LogP contribution in [0.4, 0.5) is 0 Å². The maximum Gasteiger partial charge on any atom is 0.335 e. The molecule has 1 amide bonds. The Hall–Kier alpha value is -1.40. The third-order valence-electron chi connectivity index (χ3n) is 2.39. The first-order valence-electron chi connectivity index (χ1n) is 5.34. The SMILES string of the molecule is CN(C)C(=O)CNCc1ccc(C(=O)O)cc1Br. The molecular formula is C12H15BrN2O3. The van der Waals surface area contributed by atoms with Crippen molar-refractivity contribution < 1.29 is 14.7 Å². The van der Waals surface area contributed by atoms with Crippen LogP contribution >= 0.6 is 15.9 Å². The first-order valence-corrected chi connectivity index (χ1v) is 6.13. The summed E-state index contributed by atoms with van der Waals surface area (Å²) >= 11 is 3.31. The van der Waals surface area contributed by atoms with E-state index < -0.39 is 5.97 Å². The summed E-state index contributed by atoms with van der Waals surface area (Å²) in [5.41, 5.74) is 1.14. The molecule has 0 bridgehead atoms. The van der Waals surface area contributed by atoms with E-state index in [1.54, 1.807) is 26.2 Å². The van der Waals surface area contributed by atoms with E-state index in [4.69, 9.17) is 5.11 Å². The lowest BCUT2D eigenvalue weighted by Gasteiger charge is -2.11. The lowest BCUT2D eigenvalue weighted by Crippen LogP contribution is -2.32. The zero-order valence-corrected chi connectivity index (χ0v) is 11.8. The summed E-state index contributed by atoms with van der Waals surface area (Å²) in [7, 11) is 3.39. The summed E-state index contributed by atoms with van der Waals surface area (Å²) < 4.78 is 0.715. The molecule has 0 aromatic heterocycles. The third-order valence-corrected chi connectivity index (χ3v) is 3.13. The number of carbonyl (C=O) groups excluding carboxylic acids is 1. The summed E-state index contributed by atoms with van der Waals surface area (Å²) in [4.78, 5) is 23.6. The minimum atomic E-state index is -0.960. The number of hydrogen-bond acceptors (Lipinski definition) is 3. The second-order valence-electron chi connectivity index (χ2n) is 4.00. The van der Waals surface area contributed by atoms with Gasteiger partial charge in [0.1, 0.15) is 0 Å². The summed E-state index contributed by atoms with van der Waals surface area (Å²) in [5, 5.41) is 11.8. The Labute approximate surface area is 114 Å². The predicted molar refractivity (Wildman–Crippen MR) is 71.5 cm³/mol. The maximum atomic E-state index is 11.3. The Morgan fingerprint density at radius 1 is 1.39 bits per heavy atom. The van der Waals surface area contributed by atoms with Crippen LogP contribution in [0.2, 0.25) is 0 Å². The summed E-state index contributed by atoms with van der Waals surface area (Å²) in [6.45, 7) is 0.750. The number of hydrogen-bond donors (Lipinski definition) is 2. The van der Waals surface area contributed by atoms with E-state index in [0.29, 0.717) is 11.0 Å². The van der Waals surface area contributed by atoms with E-state index in [-0.39, 0.29) is 18.0 Å². The average Bonchev–Trinajstić information content (AvgIpc) is 2.30. The lowest BCUT2D eigenvalue weighted by molar-refractivity contribution is -0.127. The Balaban J connectivity index is 2.58. The number of carboxylic acid groups (broad SMARTS) is 1. The monoisotopic (exact) mass is 314 g/mol. The van der Waals surface area contributed by atoms with Crippen LogP contribution in [0, 0.1) is 0 Å². The minimum Gasteiger partial charge on any atom is -0.478 e. The molecule has 0 atom stereocenters. The molecule has 1 aromatic rings. The molecule has 5 nitrogen and oxygen atoms in total. The average molecular weight is 315 g/mol. The van der Waals surface area contributed by atoms with E-state index in [9.17, 15) is 9.59 Å². The topological polar surface area (TPSA) is 69.6 Å². The molecule has 1 rings (SSSR count). The molecule has 0 aliphatic rings. The van der Waals surface area contributed by atoms with Gasteiger partial charge in [0.2, 0.25) is 5.91 Å². The van der Waals surface area contributed by atoms with Gasteiger partial charge in [0, 0.05) is 25.1 Å². The molecule has 0 aliphatic carbocycles. The Kier molecular flexibility index (Phi) is 5.30. The highest BCUT2D eigenvalue weighted by Gasteiger charge is 2.07. The van der Waals surface area contributed by atoms with Gasteiger partial charge in [-0.25, -0.2) is 4.79 Å². The maximum absolute atomic E-state index is 11.3. The first-order chi connectivity index (χ1) is 8.41. The molecule has 0 radical (unpaired) electrons. The molecule has 0 aliphatic heterocycles. The number of benzene rings is 1. The van der Waals surface area contributed by atoms with Crippen LogP contribution in [-0.2, 0) is 11.3 Å². The first kappa shape index (κ1) is 14.7. The lowest BCUT2D eigenvalue weighted by atomic mass is 10.1. The van der Waals surface area contributed by atoms with Crippen molar-refractivity contribution in [1.82, 2.24) is 10.2 Å². The highest BCUT2D eigenvalue weighted by molar-refractivity contribution is 9.10. The van der Waals surface area contributed by atoms with Gasteiger partial charge in [-0.05, 0) is 17.7 Å². The van der Waals surface area contributed by atoms with Gasteiger partial charge in [0.15, 0.2) is 0 Å². The molecule has 0 heterocycles. The Morgan fingerprint density at radius 2 is 2.06 bits per heavy atom. The van der Waals surface area contributed by atoms with Crippen LogP contribution in [0.25, 0.3) is 0 Å². The zero-order valence-electron chi connectivity index (χ0n) is 10.2. The molecule has 0 fully saturated rings. The highest BCUT2D eigenvalue weighted by atomic mass is 79.9. The minimum absolute atomic E-state index is 0.00622. The smallest absolute Gasteiger partial charge is 0.335 e. The van der Waals surface area contributed by atoms with Gasteiger partial charge in [-0.3, -0.25) is 4.79 Å². The quantitative estimate of drug-likeness (QED) is 0.860. The summed E-state index contributed by atoms with van der Waals surface area (Å²) in [6.07, 6.45) is 0. The standard InChI is InChI=1S/C12H15BrN2O3/c1-15(2)11(16)7-14-6-9-4-3-8(12(17)18)5-10(9)13/h3-5,14H,6-7H2,1-2H3,(H,17,18). The van der Waals surface area contributed by atoms with Crippen molar-refractivity contribution in [3.05, 3.63) is 33.8 Å². The van der Waals surface area contributed by atoms with Gasteiger partial charge < -0.3 is 15.3 Å². The number of nitrogens with one attached hydrogen (secondary N) is 1. The number of likely N-dealkylation sites (N-methyl/N-ethyl adjacent to an activating group) is 1. The van der Waals surface area contributed by atoms with Crippen molar-refractivity contribution in [2.24, 2.45) is 0 Å². The van der Waals surface area contributed by atoms with Crippen molar-refractivity contribution in [1.29, 1.82) is 0 Å². The largest absolute Gasteiger partial charge is 0.478 e. The number of aromatic carboxylic acids is 1. The fourth-order valence-corrected chi connectivity index (χ4v) is 1.80. The number of carbonyl (C=O) groups is 2. The van der Waals surface area contributed by atoms with Gasteiger partial charge in [0.25, 0.3) is 0 Å². The number of amides is 1. The Morgan fingerprint density at radius 3 is 2.56 bits per heavy atom. The van der Waals surface area contributed by atoms with Crippen molar-refractivity contribution in [3.8, 4) is 0 Å². The second-order valence-corrected chi connectivity index (χ2v) is 4.86. The number of rotatable bonds is 5. The van der Waals surface area contributed by atoms with Crippen LogP contribution in [0.3, 0.4) is 0 Å². The van der Waals surface area contributed by atoms with Crippen LogP contribution < -0.4 is 5.32 Å². The van der Waals surface area contributed by atoms with Gasteiger partial charge >= 0.3 is 5.97 Å². The number of nitrogens with zero attached hydrogens (tertiary/aromatic N) is 1. The summed E-state index contributed by atoms with van der Waals surface area (Å²) in [6, 6.07) is 4.81. The van der Waals surface area contributed by atoms with Crippen LogP contribution in [0.1, 0.15) is 15.9 Å². The predicted octanol–water partition coefficient (Wildman–Crippen LogP) is 1.33. The van der Waals surface area contributed by atoms with Gasteiger partial charge in [-0.1, -0.05) is 22.0 Å². The normalized spacial score (nSPS) is 10.2. The molecule has 0 saturated heterocycles. The van der Waals surface area contributed by atoms with E-state index in [2.05, 4.69) is 21.2 Å². The van der Waals surface area contributed by atoms with Gasteiger partial charge in [0.05, 0.1) is 12.1 Å². The highest BCUT2D eigenvalue weighted by Crippen LogP contribution is 2.18. The fourth-order valence-electron chi connectivity index (χ4n) is 1.29. The van der Waals surface area contributed by atoms with Crippen molar-refractivity contribution in [3.63, 3.8) is 0 Å². The fraction of sp³-hybridized carbons (Fsp3) is 0.333. The summed E-state index contributed by atoms with van der Waals surface area (Å²) in [5.74, 6) is -0.966. The molecule has 2 N–H and O–H groups in total. The molecule has 98 valence electrons. The molecule has 0 unspecified atom stereocenters.